The van der Waals surface area contributed by atoms with Crippen LogP contribution in [0.4, 0.5) is 0 Å². The summed E-state index contributed by atoms with van der Waals surface area (Å²) in [5.41, 5.74) is 1.03. The summed E-state index contributed by atoms with van der Waals surface area (Å²) < 4.78 is 9.62. The maximum atomic E-state index is 12.9. The minimum atomic E-state index is 0.0207. The maximum absolute atomic E-state index is 12.9. The average Bonchev–Trinajstić information content (AvgIpc) is 3.38. The molecular weight excluding hydrogens is 356 g/mol. The SMILES string of the molecule is CO[C@@H]1C[C@H]2CN(C(=O)c3nccn3C)C[C@H]2C[C@H]1n1cc(CC(C)C)nn1. The topological polar surface area (TPSA) is 78.1 Å². The van der Waals surface area contributed by atoms with Gasteiger partial charge in [-0.1, -0.05) is 19.1 Å². The van der Waals surface area contributed by atoms with Crippen molar-refractivity contribution >= 4 is 5.91 Å². The predicted octanol–water partition coefficient (Wildman–Crippen LogP) is 1.95. The van der Waals surface area contributed by atoms with Crippen LogP contribution in [-0.2, 0) is 18.2 Å². The van der Waals surface area contributed by atoms with Gasteiger partial charge in [0.1, 0.15) is 0 Å². The van der Waals surface area contributed by atoms with Crippen molar-refractivity contribution in [1.29, 1.82) is 0 Å². The van der Waals surface area contributed by atoms with Crippen LogP contribution in [-0.4, -0.2) is 61.7 Å². The largest absolute Gasteiger partial charge is 0.379 e. The van der Waals surface area contributed by atoms with E-state index in [9.17, 15) is 4.79 Å². The number of carbonyl (C=O) groups excluding carboxylic acids is 1. The molecule has 0 unspecified atom stereocenters. The van der Waals surface area contributed by atoms with Gasteiger partial charge in [-0.15, -0.1) is 5.10 Å². The number of amides is 1. The third-order valence-electron chi connectivity index (χ3n) is 6.20. The lowest BCUT2D eigenvalue weighted by molar-refractivity contribution is -0.00546. The first-order valence-electron chi connectivity index (χ1n) is 10.2. The summed E-state index contributed by atoms with van der Waals surface area (Å²) in [6, 6.07) is 0.169. The summed E-state index contributed by atoms with van der Waals surface area (Å²) in [5, 5.41) is 8.76. The van der Waals surface area contributed by atoms with E-state index in [2.05, 4.69) is 35.3 Å². The van der Waals surface area contributed by atoms with Crippen LogP contribution in [0, 0.1) is 17.8 Å². The van der Waals surface area contributed by atoms with E-state index >= 15 is 0 Å². The number of hydrogen-bond acceptors (Lipinski definition) is 5. The van der Waals surface area contributed by atoms with Crippen LogP contribution in [0.5, 0.6) is 0 Å². The minimum Gasteiger partial charge on any atom is -0.379 e. The molecule has 2 aliphatic rings. The Balaban J connectivity index is 1.48. The number of imidazole rings is 1. The lowest BCUT2D eigenvalue weighted by Crippen LogP contribution is -2.37. The molecule has 1 saturated carbocycles. The predicted molar refractivity (Wildman–Crippen MR) is 104 cm³/mol. The summed E-state index contributed by atoms with van der Waals surface area (Å²) in [6.07, 6.45) is 8.48. The number of methoxy groups -OCH3 is 1. The van der Waals surface area contributed by atoms with Crippen LogP contribution in [0.2, 0.25) is 0 Å². The number of carbonyl (C=O) groups is 1. The zero-order chi connectivity index (χ0) is 19.8. The molecule has 1 aliphatic carbocycles. The lowest BCUT2D eigenvalue weighted by atomic mass is 9.77. The summed E-state index contributed by atoms with van der Waals surface area (Å²) in [5.74, 6) is 2.00. The van der Waals surface area contributed by atoms with Gasteiger partial charge >= 0.3 is 0 Å². The number of rotatable bonds is 5. The van der Waals surface area contributed by atoms with E-state index in [0.717, 1.165) is 38.0 Å². The van der Waals surface area contributed by atoms with Crippen LogP contribution in [0.3, 0.4) is 0 Å². The van der Waals surface area contributed by atoms with E-state index in [-0.39, 0.29) is 18.1 Å². The molecule has 0 bridgehead atoms. The van der Waals surface area contributed by atoms with E-state index in [4.69, 9.17) is 4.74 Å². The van der Waals surface area contributed by atoms with Crippen molar-refractivity contribution in [2.75, 3.05) is 20.2 Å². The molecule has 8 nitrogen and oxygen atoms in total. The second kappa shape index (κ2) is 7.66. The molecule has 3 heterocycles. The quantitative estimate of drug-likeness (QED) is 0.785. The van der Waals surface area contributed by atoms with Gasteiger partial charge in [0.2, 0.25) is 0 Å². The molecule has 2 aromatic rings. The molecule has 0 spiro atoms. The van der Waals surface area contributed by atoms with Gasteiger partial charge in [0.25, 0.3) is 5.91 Å². The van der Waals surface area contributed by atoms with Crippen molar-refractivity contribution in [2.24, 2.45) is 24.8 Å². The highest BCUT2D eigenvalue weighted by Gasteiger charge is 2.45. The molecule has 0 N–H and O–H groups in total. The third kappa shape index (κ3) is 3.57. The minimum absolute atomic E-state index is 0.0207. The highest BCUT2D eigenvalue weighted by Crippen LogP contribution is 2.42. The maximum Gasteiger partial charge on any atom is 0.289 e. The van der Waals surface area contributed by atoms with Crippen molar-refractivity contribution in [3.8, 4) is 0 Å². The molecule has 4 atom stereocenters. The summed E-state index contributed by atoms with van der Waals surface area (Å²) in [6.45, 7) is 5.93. The molecule has 4 rings (SSSR count). The Hall–Kier alpha value is -2.22. The molecular formula is C20H30N6O2. The van der Waals surface area contributed by atoms with Crippen molar-refractivity contribution in [3.05, 3.63) is 30.1 Å². The Bertz CT molecular complexity index is 828. The fourth-order valence-corrected chi connectivity index (χ4v) is 4.79. The number of hydrogen-bond donors (Lipinski definition) is 0. The van der Waals surface area contributed by atoms with Gasteiger partial charge in [-0.25, -0.2) is 9.67 Å². The normalized spacial score (nSPS) is 27.4. The molecule has 1 amide bonds. The molecule has 1 aliphatic heterocycles. The molecule has 2 fully saturated rings. The Morgan fingerprint density at radius 3 is 2.68 bits per heavy atom. The fraction of sp³-hybridized carbons (Fsp3) is 0.700. The number of ether oxygens (including phenoxy) is 1. The van der Waals surface area contributed by atoms with E-state index in [1.807, 2.05) is 22.8 Å². The van der Waals surface area contributed by atoms with Gasteiger partial charge < -0.3 is 14.2 Å². The van der Waals surface area contributed by atoms with E-state index < -0.39 is 0 Å². The Morgan fingerprint density at radius 2 is 2.04 bits per heavy atom. The molecule has 152 valence electrons. The van der Waals surface area contributed by atoms with E-state index in [0.29, 0.717) is 23.6 Å². The number of fused-ring (bicyclic) bond motifs is 1. The number of nitrogens with zero attached hydrogens (tertiary/aromatic N) is 6. The van der Waals surface area contributed by atoms with Crippen molar-refractivity contribution in [2.45, 2.75) is 45.3 Å². The first-order chi connectivity index (χ1) is 13.5. The molecule has 0 radical (unpaired) electrons. The first-order valence-corrected chi connectivity index (χ1v) is 10.2. The lowest BCUT2D eigenvalue weighted by Gasteiger charge is -2.36. The fourth-order valence-electron chi connectivity index (χ4n) is 4.79. The second-order valence-electron chi connectivity index (χ2n) is 8.69. The first kappa shape index (κ1) is 19.1. The zero-order valence-corrected chi connectivity index (χ0v) is 17.2. The van der Waals surface area contributed by atoms with Gasteiger partial charge in [-0.3, -0.25) is 4.79 Å². The number of aromatic nitrogens is 5. The molecule has 0 aromatic carbocycles. The Morgan fingerprint density at radius 1 is 1.29 bits per heavy atom. The number of aryl methyl sites for hydroxylation is 1. The van der Waals surface area contributed by atoms with Crippen LogP contribution in [0.1, 0.15) is 49.0 Å². The van der Waals surface area contributed by atoms with Crippen LogP contribution in [0.25, 0.3) is 0 Å². The van der Waals surface area contributed by atoms with E-state index in [1.165, 1.54) is 0 Å². The second-order valence-corrected chi connectivity index (χ2v) is 8.69. The summed E-state index contributed by atoms with van der Waals surface area (Å²) in [4.78, 5) is 19.0. The van der Waals surface area contributed by atoms with Crippen molar-refractivity contribution < 1.29 is 9.53 Å². The summed E-state index contributed by atoms with van der Waals surface area (Å²) in [7, 11) is 3.63. The third-order valence-corrected chi connectivity index (χ3v) is 6.20. The molecule has 28 heavy (non-hydrogen) atoms. The Kier molecular flexibility index (Phi) is 5.23. The van der Waals surface area contributed by atoms with Gasteiger partial charge in [-0.2, -0.15) is 0 Å². The molecule has 1 saturated heterocycles. The highest BCUT2D eigenvalue weighted by atomic mass is 16.5. The monoisotopic (exact) mass is 386 g/mol. The zero-order valence-electron chi connectivity index (χ0n) is 17.2. The Labute approximate surface area is 165 Å². The van der Waals surface area contributed by atoms with Crippen molar-refractivity contribution in [1.82, 2.24) is 29.4 Å². The highest BCUT2D eigenvalue weighted by molar-refractivity contribution is 5.91. The van der Waals surface area contributed by atoms with Crippen LogP contribution < -0.4 is 0 Å². The van der Waals surface area contributed by atoms with Crippen LogP contribution in [0.15, 0.2) is 18.6 Å². The summed E-state index contributed by atoms with van der Waals surface area (Å²) >= 11 is 0. The standard InChI is InChI=1S/C20H30N6O2/c1-13(2)7-16-12-26(23-22-16)17-8-14-10-25(11-15(14)9-18(17)28-4)20(27)19-21-5-6-24(19)3/h5-6,12-15,17-18H,7-11H2,1-4H3/t14-,15+,17-,18-/m1/s1. The van der Waals surface area contributed by atoms with E-state index in [1.54, 1.807) is 17.9 Å². The van der Waals surface area contributed by atoms with Gasteiger partial charge in [0.15, 0.2) is 5.82 Å². The smallest absolute Gasteiger partial charge is 0.289 e. The number of likely N-dealkylation sites (tertiary alicyclic amines) is 1. The van der Waals surface area contributed by atoms with Crippen LogP contribution >= 0.6 is 0 Å². The van der Waals surface area contributed by atoms with Crippen molar-refractivity contribution in [3.63, 3.8) is 0 Å². The molecule has 2 aromatic heterocycles. The average molecular weight is 387 g/mol. The van der Waals surface area contributed by atoms with Gasteiger partial charge in [0.05, 0.1) is 17.8 Å². The van der Waals surface area contributed by atoms with Gasteiger partial charge in [0, 0.05) is 45.8 Å². The van der Waals surface area contributed by atoms with Gasteiger partial charge in [-0.05, 0) is 37.0 Å². The molecule has 8 heteroatoms.